The number of hydrogen-bond donors (Lipinski definition) is 2. The molecule has 1 aromatic heterocycles. The highest BCUT2D eigenvalue weighted by Crippen LogP contribution is 2.11. The molecule has 0 radical (unpaired) electrons. The first-order valence-electron chi connectivity index (χ1n) is 5.74. The summed E-state index contributed by atoms with van der Waals surface area (Å²) in [5.41, 5.74) is 2.11. The second-order valence-electron chi connectivity index (χ2n) is 4.26. The molecule has 0 fully saturated rings. The number of Topliss-reactive ketones (excluding diaryl/α,β-unsaturated/α-hetero) is 1. The number of aromatic amines is 1. The predicted molar refractivity (Wildman–Crippen MR) is 64.1 cm³/mol. The monoisotopic (exact) mass is 260 g/mol. The zero-order chi connectivity index (χ0) is 13.7. The lowest BCUT2D eigenvalue weighted by atomic mass is 10.1. The van der Waals surface area contributed by atoms with Gasteiger partial charge in [0.1, 0.15) is 0 Å². The Bertz CT molecular complexity index is 405. The van der Waals surface area contributed by atoms with Gasteiger partial charge in [-0.3, -0.25) is 9.69 Å². The third-order valence-corrected chi connectivity index (χ3v) is 2.63. The quantitative estimate of drug-likeness (QED) is 0.728. The fourth-order valence-corrected chi connectivity index (χ4v) is 1.87. The van der Waals surface area contributed by atoms with Crippen LogP contribution in [0.25, 0.3) is 0 Å². The van der Waals surface area contributed by atoms with Crippen molar-refractivity contribution in [1.29, 1.82) is 0 Å². The van der Waals surface area contributed by atoms with Crippen LogP contribution >= 0.6 is 0 Å². The molecule has 0 atom stereocenters. The second-order valence-corrected chi connectivity index (χ2v) is 4.26. The highest BCUT2D eigenvalue weighted by Gasteiger charge is 2.18. The van der Waals surface area contributed by atoms with Crippen LogP contribution < -0.4 is 0 Å². The average molecular weight is 260 g/mol. The molecule has 0 bridgehead atoms. The normalized spacial score (nSPS) is 11.5. The van der Waals surface area contributed by atoms with Crippen LogP contribution in [0, 0.1) is 13.8 Å². The lowest BCUT2D eigenvalue weighted by Crippen LogP contribution is -2.36. The fourth-order valence-electron chi connectivity index (χ4n) is 1.87. The van der Waals surface area contributed by atoms with E-state index < -0.39 is 13.0 Å². The highest BCUT2D eigenvalue weighted by atomic mass is 19.3. The second kappa shape index (κ2) is 6.61. The summed E-state index contributed by atoms with van der Waals surface area (Å²) >= 11 is 0. The Morgan fingerprint density at radius 2 is 2.17 bits per heavy atom. The van der Waals surface area contributed by atoms with Crippen LogP contribution in [-0.4, -0.2) is 53.4 Å². The summed E-state index contributed by atoms with van der Waals surface area (Å²) < 4.78 is 24.6. The largest absolute Gasteiger partial charge is 0.395 e. The van der Waals surface area contributed by atoms with Crippen LogP contribution in [0.1, 0.15) is 21.7 Å². The molecular formula is C12H18F2N2O2. The lowest BCUT2D eigenvalue weighted by Gasteiger charge is -2.19. The Morgan fingerprint density at radius 1 is 1.50 bits per heavy atom. The van der Waals surface area contributed by atoms with Gasteiger partial charge in [0.2, 0.25) is 0 Å². The number of H-pyrrole nitrogens is 1. The molecule has 4 nitrogen and oxygen atoms in total. The molecule has 0 aliphatic carbocycles. The zero-order valence-electron chi connectivity index (χ0n) is 10.5. The molecule has 102 valence electrons. The Labute approximate surface area is 105 Å². The summed E-state index contributed by atoms with van der Waals surface area (Å²) in [5.74, 6) is -0.217. The molecule has 0 amide bonds. The number of aliphatic hydroxyl groups is 1. The molecule has 0 saturated carbocycles. The number of nitrogens with zero attached hydrogens (tertiary/aromatic N) is 1. The summed E-state index contributed by atoms with van der Waals surface area (Å²) in [6.07, 6.45) is -2.52. The van der Waals surface area contributed by atoms with Gasteiger partial charge in [0.25, 0.3) is 6.43 Å². The van der Waals surface area contributed by atoms with Gasteiger partial charge in [-0.2, -0.15) is 0 Å². The van der Waals surface area contributed by atoms with Crippen LogP contribution in [0.5, 0.6) is 0 Å². The summed E-state index contributed by atoms with van der Waals surface area (Å²) in [6.45, 7) is 2.81. The zero-order valence-corrected chi connectivity index (χ0v) is 10.5. The van der Waals surface area contributed by atoms with Crippen LogP contribution in [0.15, 0.2) is 6.07 Å². The van der Waals surface area contributed by atoms with E-state index in [1.54, 1.807) is 13.0 Å². The van der Waals surface area contributed by atoms with Gasteiger partial charge in [0.15, 0.2) is 5.78 Å². The number of nitrogens with one attached hydrogen (secondary N) is 1. The summed E-state index contributed by atoms with van der Waals surface area (Å²) in [4.78, 5) is 16.2. The minimum atomic E-state index is -2.52. The van der Waals surface area contributed by atoms with E-state index in [1.165, 1.54) is 4.90 Å². The molecule has 0 unspecified atom stereocenters. The number of aromatic nitrogens is 1. The first-order chi connectivity index (χ1) is 8.43. The van der Waals surface area contributed by atoms with Gasteiger partial charge < -0.3 is 10.1 Å². The van der Waals surface area contributed by atoms with E-state index in [0.29, 0.717) is 5.56 Å². The summed E-state index contributed by atoms with van der Waals surface area (Å²) in [6, 6.07) is 1.71. The van der Waals surface area contributed by atoms with E-state index in [1.807, 2.05) is 6.92 Å². The maximum atomic E-state index is 12.3. The van der Waals surface area contributed by atoms with E-state index in [9.17, 15) is 13.6 Å². The van der Waals surface area contributed by atoms with E-state index in [2.05, 4.69) is 4.98 Å². The molecule has 18 heavy (non-hydrogen) atoms. The van der Waals surface area contributed by atoms with Gasteiger partial charge in [-0.1, -0.05) is 0 Å². The number of aliphatic hydroxyl groups excluding tert-OH is 1. The lowest BCUT2D eigenvalue weighted by molar-refractivity contribution is 0.0689. The molecule has 0 saturated heterocycles. The minimum Gasteiger partial charge on any atom is -0.395 e. The van der Waals surface area contributed by atoms with Gasteiger partial charge in [0, 0.05) is 23.5 Å². The Balaban J connectivity index is 2.68. The van der Waals surface area contributed by atoms with Crippen molar-refractivity contribution in [2.75, 3.05) is 26.2 Å². The Morgan fingerprint density at radius 3 is 2.61 bits per heavy atom. The van der Waals surface area contributed by atoms with Gasteiger partial charge in [-0.05, 0) is 19.9 Å². The van der Waals surface area contributed by atoms with E-state index in [-0.39, 0.29) is 25.5 Å². The molecule has 0 spiro atoms. The predicted octanol–water partition coefficient (Wildman–Crippen LogP) is 1.37. The maximum absolute atomic E-state index is 12.3. The van der Waals surface area contributed by atoms with Gasteiger partial charge in [0.05, 0.1) is 19.7 Å². The van der Waals surface area contributed by atoms with E-state index in [4.69, 9.17) is 5.11 Å². The van der Waals surface area contributed by atoms with Crippen molar-refractivity contribution in [1.82, 2.24) is 9.88 Å². The standard InChI is InChI=1S/C12H18F2N2O2/c1-8-5-10(9(2)15-8)11(18)6-16(3-4-17)7-12(13)14/h5,12,15,17H,3-4,6-7H2,1-2H3. The minimum absolute atomic E-state index is 0.0680. The third-order valence-electron chi connectivity index (χ3n) is 2.63. The van der Waals surface area contributed by atoms with Crippen LogP contribution in [0.2, 0.25) is 0 Å². The number of carbonyl (C=O) groups is 1. The smallest absolute Gasteiger partial charge is 0.251 e. The number of aryl methyl sites for hydroxylation is 2. The topological polar surface area (TPSA) is 56.3 Å². The van der Waals surface area contributed by atoms with Crippen molar-refractivity contribution in [2.24, 2.45) is 0 Å². The molecule has 0 aromatic carbocycles. The number of rotatable bonds is 7. The molecule has 0 aliphatic rings. The van der Waals surface area contributed by atoms with Gasteiger partial charge in [-0.15, -0.1) is 0 Å². The average Bonchev–Trinajstić information content (AvgIpc) is 2.57. The molecule has 0 aliphatic heterocycles. The number of carbonyl (C=O) groups excluding carboxylic acids is 1. The number of halogens is 2. The van der Waals surface area contributed by atoms with Crippen molar-refractivity contribution in [3.63, 3.8) is 0 Å². The van der Waals surface area contributed by atoms with E-state index >= 15 is 0 Å². The molecular weight excluding hydrogens is 242 g/mol. The van der Waals surface area contributed by atoms with Crippen molar-refractivity contribution >= 4 is 5.78 Å². The van der Waals surface area contributed by atoms with E-state index in [0.717, 1.165) is 11.4 Å². The first-order valence-corrected chi connectivity index (χ1v) is 5.74. The van der Waals surface area contributed by atoms with Crippen molar-refractivity contribution in [3.05, 3.63) is 23.0 Å². The third kappa shape index (κ3) is 4.19. The molecule has 1 aromatic rings. The van der Waals surface area contributed by atoms with Crippen LogP contribution in [0.3, 0.4) is 0 Å². The van der Waals surface area contributed by atoms with Crippen molar-refractivity contribution < 1.29 is 18.7 Å². The molecule has 1 rings (SSSR count). The maximum Gasteiger partial charge on any atom is 0.251 e. The fraction of sp³-hybridized carbons (Fsp3) is 0.583. The van der Waals surface area contributed by atoms with Crippen molar-refractivity contribution in [3.8, 4) is 0 Å². The van der Waals surface area contributed by atoms with Crippen LogP contribution in [-0.2, 0) is 0 Å². The molecule has 2 N–H and O–H groups in total. The number of alkyl halides is 2. The van der Waals surface area contributed by atoms with Gasteiger partial charge in [-0.25, -0.2) is 8.78 Å². The summed E-state index contributed by atoms with van der Waals surface area (Å²) in [5, 5.41) is 8.79. The number of hydrogen-bond acceptors (Lipinski definition) is 3. The van der Waals surface area contributed by atoms with Crippen molar-refractivity contribution in [2.45, 2.75) is 20.3 Å². The van der Waals surface area contributed by atoms with Crippen LogP contribution in [0.4, 0.5) is 8.78 Å². The Hall–Kier alpha value is -1.27. The molecule has 6 heteroatoms. The summed E-state index contributed by atoms with van der Waals surface area (Å²) in [7, 11) is 0. The highest BCUT2D eigenvalue weighted by molar-refractivity contribution is 5.98. The molecule has 1 heterocycles. The first kappa shape index (κ1) is 14.8. The van der Waals surface area contributed by atoms with Gasteiger partial charge >= 0.3 is 0 Å². The Kier molecular flexibility index (Phi) is 5.43. The SMILES string of the molecule is Cc1cc(C(=O)CN(CCO)CC(F)F)c(C)[nH]1. The number of ketones is 1.